The average molecular weight is 469 g/mol. The lowest BCUT2D eigenvalue weighted by Gasteiger charge is -2.18. The van der Waals surface area contributed by atoms with E-state index in [1.807, 2.05) is 54.8 Å². The van der Waals surface area contributed by atoms with Gasteiger partial charge in [0.25, 0.3) is 11.5 Å². The van der Waals surface area contributed by atoms with E-state index in [1.54, 1.807) is 42.5 Å². The number of aromatic nitrogens is 2. The van der Waals surface area contributed by atoms with Crippen molar-refractivity contribution in [1.29, 1.82) is 0 Å². The van der Waals surface area contributed by atoms with Gasteiger partial charge in [0, 0.05) is 7.05 Å². The molecule has 1 heterocycles. The fraction of sp³-hybridized carbons (Fsp3) is 0.292. The molecule has 3 rings (SSSR count). The van der Waals surface area contributed by atoms with Crippen molar-refractivity contribution in [3.63, 3.8) is 0 Å². The van der Waals surface area contributed by atoms with Gasteiger partial charge in [-0.05, 0) is 49.6 Å². The number of anilines is 1. The summed E-state index contributed by atoms with van der Waals surface area (Å²) in [5, 5.41) is 5.47. The Labute approximate surface area is 196 Å². The maximum atomic E-state index is 13.1. The van der Waals surface area contributed by atoms with Gasteiger partial charge in [-0.15, -0.1) is 0 Å². The van der Waals surface area contributed by atoms with Crippen LogP contribution in [0.25, 0.3) is 5.69 Å². The molecular formula is C24H28N4O4S. The minimum absolute atomic E-state index is 0.190. The van der Waals surface area contributed by atoms with Gasteiger partial charge in [0.15, 0.2) is 6.61 Å². The lowest BCUT2D eigenvalue weighted by atomic mass is 10.2. The molecule has 0 saturated carbocycles. The first kappa shape index (κ1) is 24.2. The molecule has 1 atom stereocenters. The van der Waals surface area contributed by atoms with E-state index in [9.17, 15) is 14.4 Å². The lowest BCUT2D eigenvalue weighted by Crippen LogP contribution is -2.46. The maximum Gasteiger partial charge on any atom is 0.295 e. The molecule has 0 aliphatic carbocycles. The quantitative estimate of drug-likeness (QED) is 0.477. The summed E-state index contributed by atoms with van der Waals surface area (Å²) in [6.45, 7) is 1.55. The van der Waals surface area contributed by atoms with E-state index in [0.717, 1.165) is 0 Å². The monoisotopic (exact) mass is 468 g/mol. The topological polar surface area (TPSA) is 94.4 Å². The number of hydrogen-bond donors (Lipinski definition) is 2. The highest BCUT2D eigenvalue weighted by molar-refractivity contribution is 7.98. The van der Waals surface area contributed by atoms with Crippen molar-refractivity contribution in [2.45, 2.75) is 19.4 Å². The highest BCUT2D eigenvalue weighted by Gasteiger charge is 2.24. The second-order valence-electron chi connectivity index (χ2n) is 7.43. The molecule has 2 amide bonds. The van der Waals surface area contributed by atoms with Crippen molar-refractivity contribution in [1.82, 2.24) is 14.7 Å². The zero-order chi connectivity index (χ0) is 23.8. The van der Waals surface area contributed by atoms with Gasteiger partial charge in [-0.1, -0.05) is 36.4 Å². The minimum Gasteiger partial charge on any atom is -0.484 e. The average Bonchev–Trinajstić information content (AvgIpc) is 3.04. The largest absolute Gasteiger partial charge is 0.484 e. The molecule has 0 bridgehead atoms. The summed E-state index contributed by atoms with van der Waals surface area (Å²) >= 11 is 1.57. The Hall–Kier alpha value is -3.46. The van der Waals surface area contributed by atoms with Gasteiger partial charge < -0.3 is 15.4 Å². The molecule has 1 aromatic heterocycles. The van der Waals surface area contributed by atoms with Crippen LogP contribution in [-0.2, 0) is 16.6 Å². The first-order chi connectivity index (χ1) is 15.9. The van der Waals surface area contributed by atoms with Gasteiger partial charge in [-0.25, -0.2) is 4.68 Å². The van der Waals surface area contributed by atoms with Gasteiger partial charge in [0.2, 0.25) is 5.91 Å². The van der Waals surface area contributed by atoms with E-state index >= 15 is 0 Å². The second-order valence-corrected chi connectivity index (χ2v) is 8.41. The minimum atomic E-state index is -0.798. The molecule has 1 unspecified atom stereocenters. The molecule has 0 aliphatic rings. The van der Waals surface area contributed by atoms with Crippen LogP contribution in [0.4, 0.5) is 5.69 Å². The Kier molecular flexibility index (Phi) is 8.37. The van der Waals surface area contributed by atoms with Gasteiger partial charge in [0.05, 0.1) is 11.4 Å². The predicted molar refractivity (Wildman–Crippen MR) is 131 cm³/mol. The first-order valence-electron chi connectivity index (χ1n) is 10.5. The van der Waals surface area contributed by atoms with Crippen molar-refractivity contribution in [3.8, 4) is 11.4 Å². The van der Waals surface area contributed by atoms with Crippen molar-refractivity contribution >= 4 is 29.3 Å². The Balaban J connectivity index is 1.73. The van der Waals surface area contributed by atoms with Crippen LogP contribution in [0.15, 0.2) is 65.5 Å². The van der Waals surface area contributed by atoms with Crippen LogP contribution in [0, 0.1) is 6.92 Å². The number of rotatable bonds is 10. The van der Waals surface area contributed by atoms with Crippen LogP contribution in [-0.4, -0.2) is 45.8 Å². The van der Waals surface area contributed by atoms with Crippen LogP contribution in [0.3, 0.4) is 0 Å². The molecule has 33 heavy (non-hydrogen) atoms. The smallest absolute Gasteiger partial charge is 0.295 e. The Morgan fingerprint density at radius 3 is 2.33 bits per heavy atom. The zero-order valence-corrected chi connectivity index (χ0v) is 19.7. The van der Waals surface area contributed by atoms with Crippen LogP contribution >= 0.6 is 11.8 Å². The van der Waals surface area contributed by atoms with Gasteiger partial charge in [0.1, 0.15) is 17.5 Å². The SMILES string of the molecule is CSCCC(NC(=O)COc1ccccc1)C(=O)Nc1c(C)n(C)n(-c2ccccc2)c1=O. The molecule has 2 N–H and O–H groups in total. The predicted octanol–water partition coefficient (Wildman–Crippen LogP) is 2.74. The summed E-state index contributed by atoms with van der Waals surface area (Å²) < 4.78 is 8.66. The number of carbonyl (C=O) groups is 2. The third-order valence-corrected chi connectivity index (χ3v) is 5.82. The number of ether oxygens (including phenoxy) is 1. The molecule has 0 spiro atoms. The number of benzene rings is 2. The molecule has 0 saturated heterocycles. The molecule has 8 nitrogen and oxygen atoms in total. The number of hydrogen-bond acceptors (Lipinski definition) is 5. The number of thioether (sulfide) groups is 1. The highest BCUT2D eigenvalue weighted by Crippen LogP contribution is 2.15. The summed E-state index contributed by atoms with van der Waals surface area (Å²) in [4.78, 5) is 38.6. The number of para-hydroxylation sites is 2. The lowest BCUT2D eigenvalue weighted by molar-refractivity contribution is -0.127. The van der Waals surface area contributed by atoms with Crippen molar-refractivity contribution in [2.75, 3.05) is 23.9 Å². The summed E-state index contributed by atoms with van der Waals surface area (Å²) in [5.74, 6) is 0.383. The normalized spacial score (nSPS) is 11.6. The van der Waals surface area contributed by atoms with E-state index in [4.69, 9.17) is 4.74 Å². The molecule has 3 aromatic rings. The van der Waals surface area contributed by atoms with Crippen molar-refractivity contribution < 1.29 is 14.3 Å². The Morgan fingerprint density at radius 2 is 1.70 bits per heavy atom. The van der Waals surface area contributed by atoms with Crippen LogP contribution in [0.1, 0.15) is 12.1 Å². The van der Waals surface area contributed by atoms with Crippen LogP contribution in [0.2, 0.25) is 0 Å². The van der Waals surface area contributed by atoms with Gasteiger partial charge >= 0.3 is 0 Å². The molecule has 0 aliphatic heterocycles. The number of amides is 2. The van der Waals surface area contributed by atoms with Crippen molar-refractivity contribution in [3.05, 3.63) is 76.7 Å². The molecule has 0 radical (unpaired) electrons. The molecular weight excluding hydrogens is 440 g/mol. The first-order valence-corrected chi connectivity index (χ1v) is 11.9. The fourth-order valence-corrected chi connectivity index (χ4v) is 3.80. The Morgan fingerprint density at radius 1 is 1.06 bits per heavy atom. The van der Waals surface area contributed by atoms with Gasteiger partial charge in [-0.2, -0.15) is 11.8 Å². The van der Waals surface area contributed by atoms with E-state index in [2.05, 4.69) is 10.6 Å². The van der Waals surface area contributed by atoms with E-state index < -0.39 is 17.9 Å². The number of carbonyl (C=O) groups excluding carboxylic acids is 2. The fourth-order valence-electron chi connectivity index (χ4n) is 3.33. The molecule has 9 heteroatoms. The Bertz CT molecular complexity index is 1140. The van der Waals surface area contributed by atoms with E-state index in [0.29, 0.717) is 29.3 Å². The third kappa shape index (κ3) is 6.07. The molecule has 174 valence electrons. The second kappa shape index (κ2) is 11.4. The van der Waals surface area contributed by atoms with E-state index in [1.165, 1.54) is 4.68 Å². The molecule has 2 aromatic carbocycles. The maximum absolute atomic E-state index is 13.1. The standard InChI is InChI=1S/C24H28N4O4S/c1-17-22(24(31)28(27(17)2)18-10-6-4-7-11-18)26-23(30)20(14-15-33-3)25-21(29)16-32-19-12-8-5-9-13-19/h4-13,20H,14-16H2,1-3H3,(H,25,29)(H,26,30). The van der Waals surface area contributed by atoms with Crippen LogP contribution < -0.4 is 20.9 Å². The van der Waals surface area contributed by atoms with Crippen LogP contribution in [0.5, 0.6) is 5.75 Å². The van der Waals surface area contributed by atoms with Crippen molar-refractivity contribution in [2.24, 2.45) is 7.05 Å². The van der Waals surface area contributed by atoms with E-state index in [-0.39, 0.29) is 17.9 Å². The highest BCUT2D eigenvalue weighted by atomic mass is 32.2. The summed E-state index contributed by atoms with van der Waals surface area (Å²) in [6.07, 6.45) is 2.35. The summed E-state index contributed by atoms with van der Waals surface area (Å²) in [5.41, 5.74) is 1.16. The number of nitrogens with zero attached hydrogens (tertiary/aromatic N) is 2. The van der Waals surface area contributed by atoms with Gasteiger partial charge in [-0.3, -0.25) is 19.1 Å². The zero-order valence-electron chi connectivity index (χ0n) is 18.9. The summed E-state index contributed by atoms with van der Waals surface area (Å²) in [6, 6.07) is 17.4. The third-order valence-electron chi connectivity index (χ3n) is 5.18. The molecule has 0 fully saturated rings. The number of nitrogens with one attached hydrogen (secondary N) is 2. The summed E-state index contributed by atoms with van der Waals surface area (Å²) in [7, 11) is 1.76.